The zero-order valence-electron chi connectivity index (χ0n) is 17.3. The summed E-state index contributed by atoms with van der Waals surface area (Å²) in [6, 6.07) is 4.49. The van der Waals surface area contributed by atoms with Crippen LogP contribution in [-0.2, 0) is 11.2 Å². The molecule has 1 aliphatic heterocycles. The third-order valence-corrected chi connectivity index (χ3v) is 5.92. The van der Waals surface area contributed by atoms with E-state index >= 15 is 0 Å². The molecule has 3 aromatic rings. The molecule has 1 aliphatic rings. The lowest BCUT2D eigenvalue weighted by Gasteiger charge is -2.13. The first-order valence-corrected chi connectivity index (χ1v) is 10.7. The van der Waals surface area contributed by atoms with Gasteiger partial charge in [0, 0.05) is 17.5 Å². The lowest BCUT2D eigenvalue weighted by molar-refractivity contribution is -0.125. The van der Waals surface area contributed by atoms with Crippen LogP contribution in [0, 0.1) is 5.41 Å². The van der Waals surface area contributed by atoms with Crippen molar-refractivity contribution < 1.29 is 23.5 Å². The number of rotatable bonds is 4. The highest BCUT2D eigenvalue weighted by atomic mass is 35.5. The summed E-state index contributed by atoms with van der Waals surface area (Å²) in [4.78, 5) is 45.0. The molecule has 2 amide bonds. The fraction of sp³-hybridized carbons (Fsp3) is 0.100. The number of nitrogens with one attached hydrogen (secondary N) is 3. The number of fused-ring (bicyclic) bond motifs is 1. The second kappa shape index (κ2) is 9.41. The monoisotopic (exact) mass is 537 g/mol. The molecule has 35 heavy (non-hydrogen) atoms. The first-order chi connectivity index (χ1) is 16.6. The van der Waals surface area contributed by atoms with Crippen molar-refractivity contribution in [3.8, 4) is 5.75 Å². The zero-order valence-corrected chi connectivity index (χ0v) is 19.6. The SMILES string of the molecule is N=C(NC(=O)c1nc(Cl)c(N)nc1N)NC(=O)C1Cc2cc(C(=O)c3ccco3)c(Cl)c(Cl)c2O1. The molecular weight excluding hydrogens is 525 g/mol. The molecule has 0 aliphatic carbocycles. The summed E-state index contributed by atoms with van der Waals surface area (Å²) in [6.45, 7) is 0. The predicted molar refractivity (Wildman–Crippen MR) is 126 cm³/mol. The van der Waals surface area contributed by atoms with E-state index in [1.54, 1.807) is 6.07 Å². The molecule has 3 heterocycles. The number of anilines is 2. The van der Waals surface area contributed by atoms with Crippen LogP contribution in [0.2, 0.25) is 15.2 Å². The molecule has 1 aromatic carbocycles. The number of nitrogens with zero attached hydrogens (tertiary/aromatic N) is 2. The zero-order chi connectivity index (χ0) is 25.4. The Hall–Kier alpha value is -3.87. The number of nitrogens with two attached hydrogens (primary N) is 2. The summed E-state index contributed by atoms with van der Waals surface area (Å²) in [5.41, 5.74) is 11.2. The molecule has 0 spiro atoms. The van der Waals surface area contributed by atoms with Gasteiger partial charge in [0.25, 0.3) is 11.8 Å². The normalized spacial score (nSPS) is 14.1. The Morgan fingerprint density at radius 3 is 2.51 bits per heavy atom. The van der Waals surface area contributed by atoms with Crippen molar-refractivity contribution in [2.24, 2.45) is 0 Å². The van der Waals surface area contributed by atoms with Gasteiger partial charge in [-0.1, -0.05) is 34.8 Å². The van der Waals surface area contributed by atoms with Crippen LogP contribution in [0.3, 0.4) is 0 Å². The van der Waals surface area contributed by atoms with Crippen LogP contribution in [-0.4, -0.2) is 39.6 Å². The predicted octanol–water partition coefficient (Wildman–Crippen LogP) is 2.21. The molecule has 1 unspecified atom stereocenters. The van der Waals surface area contributed by atoms with Crippen molar-refractivity contribution in [2.45, 2.75) is 12.5 Å². The van der Waals surface area contributed by atoms with E-state index in [2.05, 4.69) is 20.6 Å². The molecule has 0 saturated heterocycles. The molecule has 2 aromatic heterocycles. The molecule has 4 rings (SSSR count). The van der Waals surface area contributed by atoms with Crippen LogP contribution in [0.5, 0.6) is 5.75 Å². The molecular formula is C20H14Cl3N7O5. The Morgan fingerprint density at radius 2 is 1.83 bits per heavy atom. The van der Waals surface area contributed by atoms with Crippen molar-refractivity contribution in [1.82, 2.24) is 20.6 Å². The molecule has 7 N–H and O–H groups in total. The lowest BCUT2D eigenvalue weighted by Crippen LogP contribution is -2.48. The minimum Gasteiger partial charge on any atom is -0.478 e. The van der Waals surface area contributed by atoms with Gasteiger partial charge < -0.3 is 20.6 Å². The number of amides is 2. The summed E-state index contributed by atoms with van der Waals surface area (Å²) in [5.74, 6) is -3.20. The molecule has 0 radical (unpaired) electrons. The first-order valence-electron chi connectivity index (χ1n) is 9.61. The van der Waals surface area contributed by atoms with Crippen LogP contribution >= 0.6 is 34.8 Å². The minimum absolute atomic E-state index is 0.0176. The summed E-state index contributed by atoms with van der Waals surface area (Å²) in [5, 5.41) is 11.8. The van der Waals surface area contributed by atoms with Crippen LogP contribution in [0.1, 0.15) is 32.2 Å². The number of hydrogen-bond donors (Lipinski definition) is 5. The molecule has 1 atom stereocenters. The number of guanidine groups is 1. The number of ether oxygens (including phenoxy) is 1. The Kier molecular flexibility index (Phi) is 6.52. The van der Waals surface area contributed by atoms with Crippen LogP contribution in [0.4, 0.5) is 11.6 Å². The smallest absolute Gasteiger partial charge is 0.280 e. The maximum Gasteiger partial charge on any atom is 0.280 e. The van der Waals surface area contributed by atoms with Crippen molar-refractivity contribution >= 4 is 70.0 Å². The van der Waals surface area contributed by atoms with Crippen molar-refractivity contribution in [1.29, 1.82) is 5.41 Å². The quantitative estimate of drug-likeness (QED) is 0.188. The minimum atomic E-state index is -1.12. The van der Waals surface area contributed by atoms with Crippen molar-refractivity contribution in [3.63, 3.8) is 0 Å². The van der Waals surface area contributed by atoms with E-state index in [0.717, 1.165) is 0 Å². The largest absolute Gasteiger partial charge is 0.478 e. The Labute approximate surface area is 211 Å². The fourth-order valence-electron chi connectivity index (χ4n) is 3.19. The maximum absolute atomic E-state index is 12.7. The van der Waals surface area contributed by atoms with E-state index < -0.39 is 29.7 Å². The van der Waals surface area contributed by atoms with Crippen LogP contribution in [0.15, 0.2) is 28.9 Å². The van der Waals surface area contributed by atoms with E-state index in [0.29, 0.717) is 5.56 Å². The van der Waals surface area contributed by atoms with Gasteiger partial charge in [0.05, 0.1) is 11.3 Å². The van der Waals surface area contributed by atoms with E-state index in [4.69, 9.17) is 60.8 Å². The summed E-state index contributed by atoms with van der Waals surface area (Å²) < 4.78 is 10.7. The van der Waals surface area contributed by atoms with Gasteiger partial charge >= 0.3 is 0 Å². The highest BCUT2D eigenvalue weighted by Gasteiger charge is 2.34. The van der Waals surface area contributed by atoms with E-state index in [9.17, 15) is 14.4 Å². The maximum atomic E-state index is 12.7. The average molecular weight is 539 g/mol. The fourth-order valence-corrected chi connectivity index (χ4v) is 3.81. The Bertz CT molecular complexity index is 1390. The molecule has 0 fully saturated rings. The second-order valence-electron chi connectivity index (χ2n) is 7.11. The van der Waals surface area contributed by atoms with Gasteiger partial charge in [-0.25, -0.2) is 9.97 Å². The summed E-state index contributed by atoms with van der Waals surface area (Å²) in [6.07, 6.45) is 0.236. The van der Waals surface area contributed by atoms with Gasteiger partial charge in [0.2, 0.25) is 11.7 Å². The lowest BCUT2D eigenvalue weighted by atomic mass is 10.0. The molecule has 0 bridgehead atoms. The van der Waals surface area contributed by atoms with E-state index in [-0.39, 0.29) is 56.0 Å². The number of benzene rings is 1. The molecule has 180 valence electrons. The van der Waals surface area contributed by atoms with Gasteiger partial charge in [-0.2, -0.15) is 0 Å². The second-order valence-corrected chi connectivity index (χ2v) is 8.22. The molecule has 12 nitrogen and oxygen atoms in total. The third kappa shape index (κ3) is 4.71. The van der Waals surface area contributed by atoms with E-state index in [1.165, 1.54) is 18.4 Å². The van der Waals surface area contributed by atoms with Crippen LogP contribution < -0.4 is 26.8 Å². The number of furan rings is 1. The summed E-state index contributed by atoms with van der Waals surface area (Å²) in [7, 11) is 0. The number of halogens is 3. The average Bonchev–Trinajstić information content (AvgIpc) is 3.48. The first kappa shape index (κ1) is 24.3. The van der Waals surface area contributed by atoms with Gasteiger partial charge in [-0.05, 0) is 18.2 Å². The number of ketones is 1. The Balaban J connectivity index is 1.44. The van der Waals surface area contributed by atoms with E-state index in [1.807, 2.05) is 0 Å². The number of carbonyl (C=O) groups is 3. The Morgan fingerprint density at radius 1 is 1.09 bits per heavy atom. The third-order valence-electron chi connectivity index (χ3n) is 4.79. The highest BCUT2D eigenvalue weighted by Crippen LogP contribution is 2.43. The van der Waals surface area contributed by atoms with Crippen molar-refractivity contribution in [3.05, 3.63) is 62.2 Å². The van der Waals surface area contributed by atoms with Gasteiger partial charge in [-0.15, -0.1) is 0 Å². The number of aromatic nitrogens is 2. The topological polar surface area (TPSA) is 199 Å². The molecule has 0 saturated carbocycles. The standard InChI is InChI=1S/C20H14Cl3N7O5/c21-10-7(13(31)8-2-1-3-34-8)4-6-5-9(35-14(6)11(10)22)18(32)29-20(26)30-19(33)12-16(24)28-17(25)15(23)27-12/h1-4,9H,5H2,(H4,24,25,28)(H3,26,29,30,32,33). The number of hydrogen-bond acceptors (Lipinski definition) is 10. The number of carbonyl (C=O) groups excluding carboxylic acids is 3. The van der Waals surface area contributed by atoms with Crippen LogP contribution in [0.25, 0.3) is 0 Å². The van der Waals surface area contributed by atoms with Gasteiger partial charge in [0.15, 0.2) is 34.3 Å². The highest BCUT2D eigenvalue weighted by molar-refractivity contribution is 6.45. The summed E-state index contributed by atoms with van der Waals surface area (Å²) >= 11 is 18.3. The van der Waals surface area contributed by atoms with Crippen molar-refractivity contribution in [2.75, 3.05) is 11.5 Å². The van der Waals surface area contributed by atoms with Gasteiger partial charge in [0.1, 0.15) is 10.8 Å². The molecule has 15 heteroatoms. The van der Waals surface area contributed by atoms with Gasteiger partial charge in [-0.3, -0.25) is 30.4 Å². The number of nitrogen functional groups attached to an aromatic ring is 2.